The number of amides is 2. The largest absolute Gasteiger partial charge is 0.468 e. The minimum Gasteiger partial charge on any atom is -0.468 e. The molecule has 2 aromatic heterocycles. The van der Waals surface area contributed by atoms with Gasteiger partial charge in [0.05, 0.1) is 32.5 Å². The first-order chi connectivity index (χ1) is 22.7. The number of likely N-dealkylation sites (tertiary alicyclic amines) is 2. The molecule has 4 aromatic rings. The van der Waals surface area contributed by atoms with E-state index >= 15 is 0 Å². The van der Waals surface area contributed by atoms with Gasteiger partial charge in [-0.1, -0.05) is 26.0 Å². The maximum Gasteiger partial charge on any atom is 0.319 e. The number of carbonyl (C=O) groups is 1. The molecule has 2 unspecified atom stereocenters. The van der Waals surface area contributed by atoms with Crippen LogP contribution >= 0.6 is 0 Å². The summed E-state index contributed by atoms with van der Waals surface area (Å²) in [4.78, 5) is 29.8. The number of nitrogens with one attached hydrogen (secondary N) is 2. The Kier molecular flexibility index (Phi) is 8.54. The van der Waals surface area contributed by atoms with Gasteiger partial charge in [-0.15, -0.1) is 0 Å². The lowest BCUT2D eigenvalue weighted by molar-refractivity contribution is 0.131. The van der Waals surface area contributed by atoms with Crippen LogP contribution in [0.2, 0.25) is 0 Å². The topological polar surface area (TPSA) is 120 Å². The number of ether oxygens (including phenoxy) is 1. The summed E-state index contributed by atoms with van der Waals surface area (Å²) in [6, 6.07) is 12.2. The van der Waals surface area contributed by atoms with Gasteiger partial charge >= 0.3 is 6.03 Å². The Balaban J connectivity index is 1.16. The van der Waals surface area contributed by atoms with Crippen LogP contribution in [0.3, 0.4) is 0 Å². The van der Waals surface area contributed by atoms with E-state index < -0.39 is 10.8 Å². The average molecular weight is 657 g/mol. The van der Waals surface area contributed by atoms with Crippen LogP contribution in [0, 0.1) is 13.8 Å². The summed E-state index contributed by atoms with van der Waals surface area (Å²) in [6.45, 7) is 13.3. The normalized spacial score (nSPS) is 19.3. The zero-order chi connectivity index (χ0) is 32.8. The molecule has 248 valence electrons. The number of aromatic amines is 1. The van der Waals surface area contributed by atoms with Crippen molar-refractivity contribution >= 4 is 51.0 Å². The second-order valence-corrected chi connectivity index (χ2v) is 15.2. The molecule has 47 heavy (non-hydrogen) atoms. The number of piperidine rings is 2. The second-order valence-electron chi connectivity index (χ2n) is 13.2. The van der Waals surface area contributed by atoms with E-state index in [1.807, 2.05) is 66.7 Å². The minimum atomic E-state index is -1.19. The fourth-order valence-electron chi connectivity index (χ4n) is 7.16. The van der Waals surface area contributed by atoms with Gasteiger partial charge in [0.15, 0.2) is 11.9 Å². The van der Waals surface area contributed by atoms with Crippen molar-refractivity contribution < 1.29 is 13.7 Å². The Morgan fingerprint density at radius 3 is 2.49 bits per heavy atom. The van der Waals surface area contributed by atoms with Gasteiger partial charge in [-0.05, 0) is 94.2 Å². The first-order valence-electron chi connectivity index (χ1n) is 16.8. The molecule has 3 aliphatic heterocycles. The number of urea groups is 1. The van der Waals surface area contributed by atoms with Gasteiger partial charge in [-0.2, -0.15) is 15.1 Å². The van der Waals surface area contributed by atoms with Gasteiger partial charge in [-0.3, -0.25) is 14.2 Å². The van der Waals surface area contributed by atoms with Gasteiger partial charge in [-0.25, -0.2) is 4.79 Å². The van der Waals surface area contributed by atoms with Gasteiger partial charge in [0.25, 0.3) is 0 Å². The summed E-state index contributed by atoms with van der Waals surface area (Å²) in [5.74, 6) is 2.23. The van der Waals surface area contributed by atoms with Crippen LogP contribution in [0.1, 0.15) is 75.6 Å². The van der Waals surface area contributed by atoms with Gasteiger partial charge in [0, 0.05) is 37.1 Å². The molecule has 3 aliphatic rings. The first-order valence-corrected chi connectivity index (χ1v) is 18.0. The Labute approximate surface area is 278 Å². The highest BCUT2D eigenvalue weighted by molar-refractivity contribution is 7.85. The van der Waals surface area contributed by atoms with Crippen LogP contribution in [0.15, 0.2) is 41.3 Å². The van der Waals surface area contributed by atoms with Gasteiger partial charge in [0.2, 0.25) is 5.95 Å². The van der Waals surface area contributed by atoms with Crippen molar-refractivity contribution in [2.45, 2.75) is 89.0 Å². The van der Waals surface area contributed by atoms with Gasteiger partial charge in [0.1, 0.15) is 11.6 Å². The van der Waals surface area contributed by atoms with E-state index in [-0.39, 0.29) is 17.5 Å². The molecule has 2 fully saturated rings. The number of benzene rings is 2. The first kappa shape index (κ1) is 31.4. The molecule has 5 heterocycles. The van der Waals surface area contributed by atoms with Gasteiger partial charge < -0.3 is 19.9 Å². The highest BCUT2D eigenvalue weighted by Gasteiger charge is 2.35. The van der Waals surface area contributed by atoms with Crippen molar-refractivity contribution in [3.8, 4) is 5.75 Å². The van der Waals surface area contributed by atoms with Crippen LogP contribution in [0.5, 0.6) is 5.75 Å². The molecule has 0 spiro atoms. The molecule has 0 saturated carbocycles. The SMILES string of the molecule is Cc1cc2c(cc1C1CCN(C(=O)N3CCCCC3)CC1)OC(C)N2c1nc(Nc2ccccc2S(=O)C(C)C)c2c(C)[nH]nc2n1. The fourth-order valence-corrected chi connectivity index (χ4v) is 8.22. The van der Waals surface area contributed by atoms with Crippen molar-refractivity contribution in [3.63, 3.8) is 0 Å². The average Bonchev–Trinajstić information content (AvgIpc) is 3.62. The Bertz CT molecular complexity index is 1830. The van der Waals surface area contributed by atoms with E-state index in [1.165, 1.54) is 17.5 Å². The number of aromatic nitrogens is 4. The predicted molar refractivity (Wildman–Crippen MR) is 185 cm³/mol. The summed E-state index contributed by atoms with van der Waals surface area (Å²) in [6.07, 6.45) is 4.98. The smallest absolute Gasteiger partial charge is 0.319 e. The summed E-state index contributed by atoms with van der Waals surface area (Å²) in [5.41, 5.74) is 5.49. The lowest BCUT2D eigenvalue weighted by Gasteiger charge is -2.37. The van der Waals surface area contributed by atoms with E-state index in [2.05, 4.69) is 34.6 Å². The Hall–Kier alpha value is -4.19. The van der Waals surface area contributed by atoms with Crippen LogP contribution in [0.4, 0.5) is 27.9 Å². The number of nitrogens with zero attached hydrogens (tertiary/aromatic N) is 6. The summed E-state index contributed by atoms with van der Waals surface area (Å²) < 4.78 is 19.6. The third-order valence-electron chi connectivity index (χ3n) is 9.68. The molecule has 2 aromatic carbocycles. The van der Waals surface area contributed by atoms with Crippen LogP contribution < -0.4 is 15.0 Å². The van der Waals surface area contributed by atoms with E-state index in [1.54, 1.807) is 0 Å². The highest BCUT2D eigenvalue weighted by Crippen LogP contribution is 2.46. The van der Waals surface area contributed by atoms with E-state index in [4.69, 9.17) is 14.7 Å². The molecule has 0 radical (unpaired) electrons. The zero-order valence-corrected chi connectivity index (χ0v) is 28.7. The number of H-pyrrole nitrogens is 1. The molecule has 2 N–H and O–H groups in total. The number of fused-ring (bicyclic) bond motifs is 2. The van der Waals surface area contributed by atoms with Crippen molar-refractivity contribution in [2.75, 3.05) is 36.4 Å². The third kappa shape index (κ3) is 5.92. The van der Waals surface area contributed by atoms with Crippen molar-refractivity contribution in [2.24, 2.45) is 0 Å². The predicted octanol–water partition coefficient (Wildman–Crippen LogP) is 6.89. The van der Waals surface area contributed by atoms with E-state index in [0.717, 1.165) is 85.0 Å². The second kappa shape index (κ2) is 12.8. The summed E-state index contributed by atoms with van der Waals surface area (Å²) >= 11 is 0. The van der Waals surface area contributed by atoms with Crippen molar-refractivity contribution in [1.29, 1.82) is 0 Å². The Morgan fingerprint density at radius 1 is 1.02 bits per heavy atom. The number of para-hydroxylation sites is 1. The molecule has 0 bridgehead atoms. The quantitative estimate of drug-likeness (QED) is 0.230. The molecular formula is C35H44N8O3S. The lowest BCUT2D eigenvalue weighted by atomic mass is 9.86. The van der Waals surface area contributed by atoms with Crippen LogP contribution in [-0.2, 0) is 10.8 Å². The molecule has 2 atom stereocenters. The number of rotatable bonds is 6. The standard InChI is InChI=1S/C35H44N8O3S/c1-21(2)47(45)30-12-8-7-11-27(30)36-32-31-23(4)39-40-33(31)38-34(37-32)43-24(5)46-29-20-26(22(3)19-28(29)43)25-13-17-42(18-14-25)35(44)41-15-9-6-10-16-41/h7-8,11-12,19-21,24-25H,6,9-10,13-18H2,1-5H3,(H2,36,37,38,39,40). The number of carbonyl (C=O) groups excluding carboxylic acids is 1. The number of hydrogen-bond donors (Lipinski definition) is 2. The molecular weight excluding hydrogens is 613 g/mol. The van der Waals surface area contributed by atoms with E-state index in [0.29, 0.717) is 23.3 Å². The summed E-state index contributed by atoms with van der Waals surface area (Å²) in [7, 11) is -1.19. The molecule has 0 aliphatic carbocycles. The lowest BCUT2D eigenvalue weighted by Crippen LogP contribution is -2.48. The molecule has 2 saturated heterocycles. The number of aryl methyl sites for hydroxylation is 2. The Morgan fingerprint density at radius 2 is 1.74 bits per heavy atom. The summed E-state index contributed by atoms with van der Waals surface area (Å²) in [5, 5.41) is 11.8. The van der Waals surface area contributed by atoms with Crippen LogP contribution in [-0.4, -0.2) is 77.9 Å². The highest BCUT2D eigenvalue weighted by atomic mass is 32.2. The monoisotopic (exact) mass is 656 g/mol. The number of hydrogen-bond acceptors (Lipinski definition) is 8. The molecule has 11 nitrogen and oxygen atoms in total. The number of anilines is 4. The maximum absolute atomic E-state index is 13.2. The minimum absolute atomic E-state index is 0.0311. The van der Waals surface area contributed by atoms with E-state index in [9.17, 15) is 9.00 Å². The van der Waals surface area contributed by atoms with Crippen molar-refractivity contribution in [1.82, 2.24) is 30.0 Å². The van der Waals surface area contributed by atoms with Crippen molar-refractivity contribution in [3.05, 3.63) is 53.2 Å². The molecule has 2 amide bonds. The fraction of sp³-hybridized carbons (Fsp3) is 0.486. The maximum atomic E-state index is 13.2. The van der Waals surface area contributed by atoms with Crippen LogP contribution in [0.25, 0.3) is 11.0 Å². The molecule has 12 heteroatoms. The zero-order valence-electron chi connectivity index (χ0n) is 27.9. The third-order valence-corrected chi connectivity index (χ3v) is 11.3. The molecule has 7 rings (SSSR count).